The summed E-state index contributed by atoms with van der Waals surface area (Å²) in [6.07, 6.45) is 5.08. The third-order valence-electron chi connectivity index (χ3n) is 4.41. The molecule has 2 aromatic heterocycles. The van der Waals surface area contributed by atoms with Gasteiger partial charge in [0.25, 0.3) is 0 Å². The van der Waals surface area contributed by atoms with Crippen molar-refractivity contribution in [1.82, 2.24) is 24.4 Å². The van der Waals surface area contributed by atoms with Crippen molar-refractivity contribution in [1.29, 1.82) is 0 Å². The molecular weight excluding hydrogens is 256 g/mol. The van der Waals surface area contributed by atoms with Crippen LogP contribution in [-0.2, 0) is 6.54 Å². The molecule has 1 aliphatic carbocycles. The van der Waals surface area contributed by atoms with Gasteiger partial charge in [0.05, 0.1) is 7.11 Å². The Hall–Kier alpha value is -1.89. The van der Waals surface area contributed by atoms with Crippen molar-refractivity contribution in [3.05, 3.63) is 6.33 Å². The van der Waals surface area contributed by atoms with Crippen LogP contribution in [0, 0.1) is 0 Å². The Kier molecular flexibility index (Phi) is 3.01. The number of nitrogens with two attached hydrogens (primary N) is 1. The van der Waals surface area contributed by atoms with Crippen molar-refractivity contribution in [2.24, 2.45) is 0 Å². The van der Waals surface area contributed by atoms with Crippen molar-refractivity contribution < 1.29 is 4.74 Å². The van der Waals surface area contributed by atoms with E-state index in [9.17, 15) is 0 Å². The van der Waals surface area contributed by atoms with E-state index in [1.807, 2.05) is 4.57 Å². The first-order chi connectivity index (χ1) is 9.57. The van der Waals surface area contributed by atoms with E-state index in [4.69, 9.17) is 10.5 Å². The van der Waals surface area contributed by atoms with E-state index in [1.165, 1.54) is 25.6 Å². The molecule has 2 heterocycles. The molecule has 20 heavy (non-hydrogen) atoms. The number of hydrogen-bond donors (Lipinski definition) is 1. The summed E-state index contributed by atoms with van der Waals surface area (Å²) in [4.78, 5) is 15.0. The van der Waals surface area contributed by atoms with Gasteiger partial charge >= 0.3 is 0 Å². The van der Waals surface area contributed by atoms with Crippen LogP contribution in [0.5, 0.6) is 5.88 Å². The lowest BCUT2D eigenvalue weighted by Crippen LogP contribution is -2.53. The SMILES string of the molecule is COc1ncnc2c1nc(N)n2CC1(N(C)C)CCC1. The van der Waals surface area contributed by atoms with Crippen molar-refractivity contribution in [3.8, 4) is 5.88 Å². The smallest absolute Gasteiger partial charge is 0.245 e. The van der Waals surface area contributed by atoms with E-state index in [1.54, 1.807) is 7.11 Å². The van der Waals surface area contributed by atoms with Gasteiger partial charge in [-0.1, -0.05) is 0 Å². The highest BCUT2D eigenvalue weighted by molar-refractivity contribution is 5.78. The van der Waals surface area contributed by atoms with Gasteiger partial charge in [0.2, 0.25) is 11.8 Å². The Morgan fingerprint density at radius 2 is 2.15 bits per heavy atom. The summed E-state index contributed by atoms with van der Waals surface area (Å²) in [5.41, 5.74) is 7.59. The minimum absolute atomic E-state index is 0.153. The second-order valence-electron chi connectivity index (χ2n) is 5.58. The molecule has 0 radical (unpaired) electrons. The summed E-state index contributed by atoms with van der Waals surface area (Å²) < 4.78 is 7.19. The van der Waals surface area contributed by atoms with Crippen molar-refractivity contribution >= 4 is 17.1 Å². The highest BCUT2D eigenvalue weighted by Crippen LogP contribution is 2.39. The Balaban J connectivity index is 2.06. The van der Waals surface area contributed by atoms with Crippen LogP contribution >= 0.6 is 0 Å². The Bertz CT molecular complexity index is 631. The van der Waals surface area contributed by atoms with Gasteiger partial charge < -0.3 is 15.4 Å². The third kappa shape index (κ3) is 1.81. The van der Waals surface area contributed by atoms with E-state index in [0.717, 1.165) is 12.2 Å². The first-order valence-electron chi connectivity index (χ1n) is 6.75. The molecule has 1 fully saturated rings. The van der Waals surface area contributed by atoms with Gasteiger partial charge in [-0.3, -0.25) is 4.57 Å². The van der Waals surface area contributed by atoms with Gasteiger partial charge in [0, 0.05) is 12.1 Å². The highest BCUT2D eigenvalue weighted by Gasteiger charge is 2.40. The van der Waals surface area contributed by atoms with Crippen LogP contribution in [0.25, 0.3) is 11.2 Å². The molecule has 0 bridgehead atoms. The Morgan fingerprint density at radius 1 is 1.40 bits per heavy atom. The fourth-order valence-electron chi connectivity index (χ4n) is 2.86. The molecule has 2 aromatic rings. The van der Waals surface area contributed by atoms with Crippen LogP contribution in [0.2, 0.25) is 0 Å². The van der Waals surface area contributed by atoms with E-state index >= 15 is 0 Å². The zero-order chi connectivity index (χ0) is 14.3. The number of hydrogen-bond acceptors (Lipinski definition) is 6. The molecule has 1 saturated carbocycles. The van der Waals surface area contributed by atoms with Crippen LogP contribution in [0.4, 0.5) is 5.95 Å². The maximum absolute atomic E-state index is 6.07. The topological polar surface area (TPSA) is 82.1 Å². The van der Waals surface area contributed by atoms with E-state index in [-0.39, 0.29) is 5.54 Å². The van der Waals surface area contributed by atoms with Gasteiger partial charge in [0.1, 0.15) is 6.33 Å². The van der Waals surface area contributed by atoms with Crippen molar-refractivity contribution in [2.45, 2.75) is 31.3 Å². The summed E-state index contributed by atoms with van der Waals surface area (Å²) in [6, 6.07) is 0. The van der Waals surface area contributed by atoms with Gasteiger partial charge in [-0.2, -0.15) is 4.98 Å². The maximum atomic E-state index is 6.07. The zero-order valence-electron chi connectivity index (χ0n) is 12.1. The minimum atomic E-state index is 0.153. The maximum Gasteiger partial charge on any atom is 0.245 e. The lowest BCUT2D eigenvalue weighted by atomic mass is 9.75. The fraction of sp³-hybridized carbons (Fsp3) is 0.615. The number of fused-ring (bicyclic) bond motifs is 1. The summed E-state index contributed by atoms with van der Waals surface area (Å²) in [6.45, 7) is 0.794. The molecule has 0 unspecified atom stereocenters. The molecule has 7 heteroatoms. The number of nitrogens with zero attached hydrogens (tertiary/aromatic N) is 5. The third-order valence-corrected chi connectivity index (χ3v) is 4.41. The first-order valence-corrected chi connectivity index (χ1v) is 6.75. The predicted molar refractivity (Wildman–Crippen MR) is 76.6 cm³/mol. The molecule has 0 spiro atoms. The molecule has 7 nitrogen and oxygen atoms in total. The molecule has 108 valence electrons. The normalized spacial score (nSPS) is 17.4. The Labute approximate surface area is 117 Å². The van der Waals surface area contributed by atoms with Gasteiger partial charge in [-0.25, -0.2) is 9.97 Å². The number of ether oxygens (including phenoxy) is 1. The Morgan fingerprint density at radius 3 is 2.70 bits per heavy atom. The number of nitrogen functional groups attached to an aromatic ring is 1. The van der Waals surface area contributed by atoms with Crippen molar-refractivity contribution in [2.75, 3.05) is 26.9 Å². The number of likely N-dealkylation sites (N-methyl/N-ethyl adjacent to an activating group) is 1. The lowest BCUT2D eigenvalue weighted by Gasteiger charge is -2.47. The zero-order valence-corrected chi connectivity index (χ0v) is 12.1. The summed E-state index contributed by atoms with van der Waals surface area (Å²) >= 11 is 0. The summed E-state index contributed by atoms with van der Waals surface area (Å²) in [5, 5.41) is 0. The van der Waals surface area contributed by atoms with Crippen molar-refractivity contribution in [3.63, 3.8) is 0 Å². The average molecular weight is 276 g/mol. The molecule has 2 N–H and O–H groups in total. The lowest BCUT2D eigenvalue weighted by molar-refractivity contribution is 0.0439. The average Bonchev–Trinajstić information content (AvgIpc) is 2.69. The largest absolute Gasteiger partial charge is 0.479 e. The number of methoxy groups -OCH3 is 1. The van der Waals surface area contributed by atoms with E-state index < -0.39 is 0 Å². The number of anilines is 1. The second-order valence-corrected chi connectivity index (χ2v) is 5.58. The molecule has 0 aromatic carbocycles. The second kappa shape index (κ2) is 4.59. The predicted octanol–water partition coefficient (Wildman–Crippen LogP) is 0.901. The number of rotatable bonds is 4. The van der Waals surface area contributed by atoms with Gasteiger partial charge in [0.15, 0.2) is 11.2 Å². The molecule has 3 rings (SSSR count). The van der Waals surface area contributed by atoms with Crippen LogP contribution in [0.1, 0.15) is 19.3 Å². The number of imidazole rings is 1. The van der Waals surface area contributed by atoms with E-state index in [0.29, 0.717) is 17.3 Å². The first kappa shape index (κ1) is 13.1. The molecule has 1 aliphatic rings. The number of aromatic nitrogens is 4. The van der Waals surface area contributed by atoms with Crippen LogP contribution in [0.3, 0.4) is 0 Å². The van der Waals surface area contributed by atoms with Crippen LogP contribution in [-0.4, -0.2) is 51.2 Å². The molecule has 0 aliphatic heterocycles. The monoisotopic (exact) mass is 276 g/mol. The molecular formula is C13H20N6O. The van der Waals surface area contributed by atoms with Gasteiger partial charge in [-0.05, 0) is 33.4 Å². The van der Waals surface area contributed by atoms with Gasteiger partial charge in [-0.15, -0.1) is 0 Å². The molecule has 0 amide bonds. The summed E-state index contributed by atoms with van der Waals surface area (Å²) in [7, 11) is 5.80. The fourth-order valence-corrected chi connectivity index (χ4v) is 2.86. The van der Waals surface area contributed by atoms with Crippen LogP contribution < -0.4 is 10.5 Å². The summed E-state index contributed by atoms with van der Waals surface area (Å²) in [5.74, 6) is 0.930. The standard InChI is InChI=1S/C13H20N6O/c1-18(2)13(5-4-6-13)7-19-10-9(17-12(19)14)11(20-3)16-8-15-10/h8H,4-7H2,1-3H3,(H2,14,17). The molecule has 0 saturated heterocycles. The van der Waals surface area contributed by atoms with Crippen LogP contribution in [0.15, 0.2) is 6.33 Å². The quantitative estimate of drug-likeness (QED) is 0.893. The highest BCUT2D eigenvalue weighted by atomic mass is 16.5. The van der Waals surface area contributed by atoms with E-state index in [2.05, 4.69) is 33.9 Å². The molecule has 0 atom stereocenters. The minimum Gasteiger partial charge on any atom is -0.479 e.